The Hall–Kier alpha value is 0.354. The predicted molar refractivity (Wildman–Crippen MR) is 77.0 cm³/mol. The molecule has 0 bridgehead atoms. The number of hydrogen-bond acceptors (Lipinski definition) is 2. The lowest BCUT2D eigenvalue weighted by Crippen LogP contribution is -2.39. The van der Waals surface area contributed by atoms with Crippen LogP contribution in [0.25, 0.3) is 0 Å². The molecule has 0 heterocycles. The summed E-state index contributed by atoms with van der Waals surface area (Å²) in [7, 11) is -1.76. The Balaban J connectivity index is 3.20. The maximum absolute atomic E-state index is 3.56. The van der Waals surface area contributed by atoms with Crippen molar-refractivity contribution < 1.29 is 0 Å². The summed E-state index contributed by atoms with van der Waals surface area (Å²) in [4.78, 5) is 0. The third kappa shape index (κ3) is 14.4. The second-order valence-corrected chi connectivity index (χ2v) is 17.8. The Morgan fingerprint density at radius 2 is 1.00 bits per heavy atom. The van der Waals surface area contributed by atoms with Crippen molar-refractivity contribution in [3.8, 4) is 0 Å². The molecule has 0 fully saturated rings. The van der Waals surface area contributed by atoms with E-state index in [0.717, 1.165) is 0 Å². The topological polar surface area (TPSA) is 24.1 Å². The summed E-state index contributed by atoms with van der Waals surface area (Å²) in [6.07, 6.45) is 3.76. The van der Waals surface area contributed by atoms with E-state index in [-0.39, 0.29) is 0 Å². The molecule has 0 aliphatic heterocycles. The molecule has 4 heteroatoms. The van der Waals surface area contributed by atoms with Gasteiger partial charge in [0.15, 0.2) is 0 Å². The van der Waals surface area contributed by atoms with Gasteiger partial charge in [0.05, 0.1) is 16.1 Å². The van der Waals surface area contributed by atoms with Crippen molar-refractivity contribution in [2.75, 3.05) is 25.4 Å². The molecular weight excluding hydrogens is 216 g/mol. The first kappa shape index (κ1) is 15.4. The molecule has 0 aromatic rings. The molecule has 0 unspecified atom stereocenters. The third-order valence-corrected chi connectivity index (χ3v) is 4.64. The Morgan fingerprint density at radius 1 is 0.667 bits per heavy atom. The maximum Gasteiger partial charge on any atom is 0.0595 e. The summed E-state index contributed by atoms with van der Waals surface area (Å²) in [5.74, 6) is 0. The third-order valence-electron chi connectivity index (χ3n) is 2.02. The second kappa shape index (κ2) is 6.83. The highest BCUT2D eigenvalue weighted by molar-refractivity contribution is 6.76. The Bertz CT molecular complexity index is 141. The van der Waals surface area contributed by atoms with Crippen molar-refractivity contribution in [2.45, 2.75) is 45.7 Å². The highest BCUT2D eigenvalue weighted by atomic mass is 28.3. The molecule has 15 heavy (non-hydrogen) atoms. The van der Waals surface area contributed by atoms with Gasteiger partial charge in [0.2, 0.25) is 0 Å². The van der Waals surface area contributed by atoms with Crippen LogP contribution >= 0.6 is 0 Å². The molecule has 0 spiro atoms. The fourth-order valence-electron chi connectivity index (χ4n) is 1.27. The van der Waals surface area contributed by atoms with E-state index in [0.29, 0.717) is 0 Å². The quantitative estimate of drug-likeness (QED) is 0.507. The zero-order valence-corrected chi connectivity index (χ0v) is 13.5. The summed E-state index contributed by atoms with van der Waals surface area (Å²) in [5, 5.41) is 7.11. The van der Waals surface area contributed by atoms with Gasteiger partial charge in [0.1, 0.15) is 0 Å². The molecule has 2 nitrogen and oxygen atoms in total. The zero-order valence-electron chi connectivity index (χ0n) is 11.5. The van der Waals surface area contributed by atoms with E-state index in [2.05, 4.69) is 49.9 Å². The first-order valence-corrected chi connectivity index (χ1v) is 13.5. The van der Waals surface area contributed by atoms with Crippen LogP contribution < -0.4 is 10.6 Å². The van der Waals surface area contributed by atoms with E-state index in [9.17, 15) is 0 Å². The van der Waals surface area contributed by atoms with Crippen molar-refractivity contribution >= 4 is 16.1 Å². The fourth-order valence-corrected chi connectivity index (χ4v) is 3.12. The summed E-state index contributed by atoms with van der Waals surface area (Å²) >= 11 is 0. The normalized spacial score (nSPS) is 13.2. The summed E-state index contributed by atoms with van der Waals surface area (Å²) in [5.41, 5.74) is 0. The minimum atomic E-state index is -0.880. The number of hydrogen-bond donors (Lipinski definition) is 2. The van der Waals surface area contributed by atoms with Crippen molar-refractivity contribution in [3.05, 3.63) is 0 Å². The van der Waals surface area contributed by atoms with Gasteiger partial charge < -0.3 is 10.6 Å². The largest absolute Gasteiger partial charge is 0.319 e. The van der Waals surface area contributed by atoms with Crippen molar-refractivity contribution in [1.29, 1.82) is 0 Å². The van der Waals surface area contributed by atoms with Crippen LogP contribution in [0.15, 0.2) is 0 Å². The van der Waals surface area contributed by atoms with Crippen LogP contribution in [0, 0.1) is 0 Å². The van der Waals surface area contributed by atoms with E-state index in [1.54, 1.807) is 0 Å². The van der Waals surface area contributed by atoms with E-state index in [1.165, 1.54) is 31.8 Å². The minimum Gasteiger partial charge on any atom is -0.319 e. The molecule has 0 aliphatic carbocycles. The van der Waals surface area contributed by atoms with Gasteiger partial charge >= 0.3 is 0 Å². The van der Waals surface area contributed by atoms with Gasteiger partial charge in [-0.05, 0) is 31.8 Å². The van der Waals surface area contributed by atoms with E-state index in [1.807, 2.05) is 0 Å². The van der Waals surface area contributed by atoms with E-state index in [4.69, 9.17) is 0 Å². The number of nitrogens with one attached hydrogen (secondary N) is 2. The highest BCUT2D eigenvalue weighted by Crippen LogP contribution is 1.97. The molecule has 0 amide bonds. The van der Waals surface area contributed by atoms with Crippen LogP contribution in [0.1, 0.15) is 6.42 Å². The average Bonchev–Trinajstić information content (AvgIpc) is 1.98. The summed E-state index contributed by atoms with van der Waals surface area (Å²) in [6.45, 7) is 16.8. The molecule has 0 atom stereocenters. The smallest absolute Gasteiger partial charge is 0.0595 e. The van der Waals surface area contributed by atoms with Crippen LogP contribution in [0.4, 0.5) is 0 Å². The Morgan fingerprint density at radius 3 is 1.27 bits per heavy atom. The summed E-state index contributed by atoms with van der Waals surface area (Å²) < 4.78 is 0. The van der Waals surface area contributed by atoms with Crippen molar-refractivity contribution in [1.82, 2.24) is 10.6 Å². The molecule has 2 N–H and O–H groups in total. The van der Waals surface area contributed by atoms with Crippen molar-refractivity contribution in [3.63, 3.8) is 0 Å². The predicted octanol–water partition coefficient (Wildman–Crippen LogP) is 2.31. The molecule has 0 aromatic carbocycles. The van der Waals surface area contributed by atoms with Gasteiger partial charge in [-0.3, -0.25) is 0 Å². The lowest BCUT2D eigenvalue weighted by atomic mass is 10.4. The number of rotatable bonds is 8. The van der Waals surface area contributed by atoms with Crippen LogP contribution in [0.5, 0.6) is 0 Å². The van der Waals surface area contributed by atoms with Crippen LogP contribution in [-0.4, -0.2) is 41.6 Å². The van der Waals surface area contributed by atoms with E-state index < -0.39 is 16.1 Å². The molecule has 0 saturated carbocycles. The molecule has 0 aromatic heterocycles. The zero-order chi connectivity index (χ0) is 11.9. The SMILES string of the molecule is C[Si](C)(C)CNCCCNC[Si](C)(C)C. The monoisotopic (exact) mass is 246 g/mol. The van der Waals surface area contributed by atoms with Gasteiger partial charge in [0.25, 0.3) is 0 Å². The van der Waals surface area contributed by atoms with E-state index >= 15 is 0 Å². The second-order valence-electron chi connectivity index (χ2n) is 6.83. The van der Waals surface area contributed by atoms with Crippen LogP contribution in [-0.2, 0) is 0 Å². The summed E-state index contributed by atoms with van der Waals surface area (Å²) in [6, 6.07) is 0. The van der Waals surface area contributed by atoms with Gasteiger partial charge in [-0.1, -0.05) is 39.3 Å². The maximum atomic E-state index is 3.56. The molecule has 0 radical (unpaired) electrons. The van der Waals surface area contributed by atoms with Crippen LogP contribution in [0.3, 0.4) is 0 Å². The standard InChI is InChI=1S/C11H30N2Si2/c1-14(2,3)10-12-8-7-9-13-11-15(4,5)6/h12-13H,7-11H2,1-6H3. The average molecular weight is 247 g/mol. The minimum absolute atomic E-state index is 0.880. The molecular formula is C11H30N2Si2. The first-order chi connectivity index (χ1) is 6.71. The van der Waals surface area contributed by atoms with Gasteiger partial charge in [-0.15, -0.1) is 0 Å². The van der Waals surface area contributed by atoms with Crippen LogP contribution in [0.2, 0.25) is 39.3 Å². The Kier molecular flexibility index (Phi) is 6.99. The Labute approximate surface area is 98.3 Å². The lowest BCUT2D eigenvalue weighted by molar-refractivity contribution is 0.651. The molecule has 0 aliphatic rings. The molecule has 0 rings (SSSR count). The van der Waals surface area contributed by atoms with Gasteiger partial charge in [-0.2, -0.15) is 0 Å². The van der Waals surface area contributed by atoms with Gasteiger partial charge in [-0.25, -0.2) is 0 Å². The first-order valence-electron chi connectivity index (χ1n) is 6.12. The fraction of sp³-hybridized carbons (Fsp3) is 1.00. The highest BCUT2D eigenvalue weighted by Gasteiger charge is 2.12. The van der Waals surface area contributed by atoms with Crippen molar-refractivity contribution in [2.24, 2.45) is 0 Å². The molecule has 92 valence electrons. The molecule has 0 saturated heterocycles. The lowest BCUT2D eigenvalue weighted by Gasteiger charge is -2.18. The van der Waals surface area contributed by atoms with Gasteiger partial charge in [0, 0.05) is 0 Å².